The van der Waals surface area contributed by atoms with Crippen molar-refractivity contribution in [2.45, 2.75) is 416 Å². The second kappa shape index (κ2) is 59.3. The lowest BCUT2D eigenvalue weighted by Gasteiger charge is -2.32. The average Bonchev–Trinajstić information content (AvgIpc) is 1.72. The lowest BCUT2D eigenvalue weighted by Crippen LogP contribution is -2.34. The van der Waals surface area contributed by atoms with Crippen molar-refractivity contribution in [1.82, 2.24) is 0 Å². The van der Waals surface area contributed by atoms with Gasteiger partial charge in [-0.2, -0.15) is 0 Å². The fourth-order valence-electron chi connectivity index (χ4n) is 27.7. The Balaban J connectivity index is 0.000000166. The molecule has 8 saturated carbocycles. The van der Waals surface area contributed by atoms with Crippen molar-refractivity contribution >= 4 is 47.8 Å². The summed E-state index contributed by atoms with van der Waals surface area (Å²) in [6.07, 6.45) is 39.8. The molecule has 12 aliphatic carbocycles. The average molecular weight is 2080 g/mol. The van der Waals surface area contributed by atoms with E-state index in [-0.39, 0.29) is 166 Å². The third kappa shape index (κ3) is 34.8. The summed E-state index contributed by atoms with van der Waals surface area (Å²) in [5.74, 6) is 1.84. The SMILES string of the molecule is CCCCC[C@H](O)CC[C@@H]1[C@H]2Cc3cccc(OCC(=O)OC4CCC(C(=O)O)CC4)c3C[C@H]2C[C@H]1O.CCCCC[C@H](O)CC[C@@H]1[C@H]2Cc3cccc(OCC(=O)OC4CCC(CC(=O)O)CC4)c3C[C@H]2C[C@H]1O.CCCCC[C@H](O)CC[C@@H]1[C@H]2Cc3cccc(OCC(=O)OCC4CC(C(=O)O)C4)c3C[C@H]2C[C@H]1O.CCCCC[C@H](O)CC[C@@H]1[C@H]2Cc3cccc(OCC(=O)OCC4CCC(C(=O)O)CC4)c3C[C@H]2C[C@H]1O. The molecule has 149 heavy (non-hydrogen) atoms. The molecule has 4 aromatic carbocycles. The molecule has 0 aromatic heterocycles. The van der Waals surface area contributed by atoms with E-state index in [0.717, 1.165) is 291 Å². The standard InChI is InChI=1S/2C31H46O7.C30H44O7.C29H42O7/c1-2-3-4-7-23(32)11-14-25-26-16-21-6-5-8-29(27(21)17-22(26)18-28(25)33)37-19-31(36)38-24-12-9-20(10-13-24)15-30(34)35;1-2-3-4-7-24(32)13-14-25-26-15-22-6-5-8-29(27(22)16-23(26)17-28(25)33)37-19-30(34)38-18-20-9-11-21(12-10-20)31(35)36;1-2-3-4-7-22(31)11-14-24-25-15-20-6-5-8-28(26(20)16-21(25)17-27(24)32)36-18-29(33)37-23-12-9-19(10-13-23)30(34)35;1-2-3-4-7-22(30)9-10-23-24-13-19-6-5-8-27(25(19)14-20(24)15-26(23)31)35-17-28(32)36-16-18-11-21(12-18)29(33)34/h5-6,8,20,22-26,28,32-33H,2-4,7,9-19H2,1H3,(H,34,35);5-6,8,20-21,23-26,28,32-33H,2-4,7,9-19H2,1H3,(H,35,36);5-6,8,19,21-25,27,31-32H,2-4,7,9-18H2,1H3,(H,34,35);5-6,8,18,20-24,26,30-31H,2-4,7,9-17H2,1H3,(H,33,34)/t20?,22-,23-,24?,25+,26-,28+;20?,21?,23-,24-,25+,26-,28+;19?,21-,22-,23?,24+,25-,27+;18?,20-,21?,22-,23+,24-,26+/m0000/s1. The number of hydrogen-bond acceptors (Lipinski definition) is 24. The summed E-state index contributed by atoms with van der Waals surface area (Å²) in [6.45, 7) is 8.63. The zero-order valence-electron chi connectivity index (χ0n) is 89.3. The summed E-state index contributed by atoms with van der Waals surface area (Å²) in [4.78, 5) is 93.6. The minimum absolute atomic E-state index is 0.121. The Morgan fingerprint density at radius 2 is 0.570 bits per heavy atom. The molecule has 28 nitrogen and oxygen atoms in total. The van der Waals surface area contributed by atoms with Crippen LogP contribution in [0.15, 0.2) is 72.8 Å². The van der Waals surface area contributed by atoms with Crippen LogP contribution >= 0.6 is 0 Å². The molecule has 0 radical (unpaired) electrons. The number of rotatable bonds is 51. The molecular formula is C121H178O28. The first-order chi connectivity index (χ1) is 71.9. The maximum absolute atomic E-state index is 12.5. The molecule has 0 spiro atoms. The molecule has 0 heterocycles. The lowest BCUT2D eigenvalue weighted by molar-refractivity contribution is -0.155. The minimum Gasteiger partial charge on any atom is -0.482 e. The summed E-state index contributed by atoms with van der Waals surface area (Å²) in [6, 6.07) is 24.0. The smallest absolute Gasteiger partial charge is 0.344 e. The molecule has 0 aliphatic heterocycles. The number of ether oxygens (including phenoxy) is 8. The highest BCUT2D eigenvalue weighted by atomic mass is 16.6. The van der Waals surface area contributed by atoms with Gasteiger partial charge in [-0.05, 0) is 402 Å². The normalized spacial score (nSPS) is 29.4. The van der Waals surface area contributed by atoms with Gasteiger partial charge in [0.25, 0.3) is 0 Å². The minimum atomic E-state index is -0.780. The maximum atomic E-state index is 12.5. The van der Waals surface area contributed by atoms with E-state index in [1.807, 2.05) is 48.5 Å². The Hall–Kier alpha value is -8.48. The molecule has 20 atom stereocenters. The summed E-state index contributed by atoms with van der Waals surface area (Å²) >= 11 is 0. The lowest BCUT2D eigenvalue weighted by atomic mass is 9.73. The molecule has 8 fully saturated rings. The van der Waals surface area contributed by atoms with Crippen LogP contribution in [0.4, 0.5) is 0 Å². The van der Waals surface area contributed by atoms with Crippen molar-refractivity contribution in [3.63, 3.8) is 0 Å². The van der Waals surface area contributed by atoms with Gasteiger partial charge in [0, 0.05) is 6.42 Å². The predicted octanol–water partition coefficient (Wildman–Crippen LogP) is 18.8. The molecular weight excluding hydrogens is 1900 g/mol. The number of esters is 4. The van der Waals surface area contributed by atoms with E-state index in [4.69, 9.17) is 58.3 Å². The van der Waals surface area contributed by atoms with Crippen molar-refractivity contribution in [1.29, 1.82) is 0 Å². The van der Waals surface area contributed by atoms with Crippen LogP contribution < -0.4 is 18.9 Å². The van der Waals surface area contributed by atoms with Crippen LogP contribution in [-0.4, -0.2) is 210 Å². The van der Waals surface area contributed by atoms with Crippen LogP contribution in [-0.2, 0) is 109 Å². The van der Waals surface area contributed by atoms with Gasteiger partial charge in [0.2, 0.25) is 0 Å². The molecule has 0 saturated heterocycles. The Bertz CT molecular complexity index is 4830. The van der Waals surface area contributed by atoms with E-state index in [1.165, 1.54) is 22.3 Å². The zero-order valence-corrected chi connectivity index (χ0v) is 89.3. The van der Waals surface area contributed by atoms with Gasteiger partial charge in [0.05, 0.1) is 79.8 Å². The highest BCUT2D eigenvalue weighted by Crippen LogP contribution is 2.54. The van der Waals surface area contributed by atoms with E-state index < -0.39 is 41.8 Å². The number of unbranched alkanes of at least 4 members (excludes halogenated alkanes) is 8. The fourth-order valence-corrected chi connectivity index (χ4v) is 27.7. The molecule has 0 bridgehead atoms. The molecule has 12 aliphatic rings. The van der Waals surface area contributed by atoms with Crippen molar-refractivity contribution < 1.29 is 138 Å². The number of fused-ring (bicyclic) bond motifs is 8. The maximum Gasteiger partial charge on any atom is 0.344 e. The van der Waals surface area contributed by atoms with E-state index in [0.29, 0.717) is 130 Å². The van der Waals surface area contributed by atoms with Gasteiger partial charge in [-0.3, -0.25) is 19.2 Å². The first-order valence-electron chi connectivity index (χ1n) is 57.9. The number of aliphatic hydroxyl groups excluding tert-OH is 8. The molecule has 28 heteroatoms. The number of carbonyl (C=O) groups excluding carboxylic acids is 4. The van der Waals surface area contributed by atoms with E-state index in [9.17, 15) is 79.2 Å². The molecule has 4 aromatic rings. The Labute approximate surface area is 883 Å². The number of carboxylic acids is 4. The van der Waals surface area contributed by atoms with Gasteiger partial charge in [-0.1, -0.05) is 153 Å². The second-order valence-corrected chi connectivity index (χ2v) is 46.7. The largest absolute Gasteiger partial charge is 0.482 e. The molecule has 12 N–H and O–H groups in total. The van der Waals surface area contributed by atoms with Crippen LogP contribution in [0.5, 0.6) is 23.0 Å². The first kappa shape index (κ1) is 118. The molecule has 0 amide bonds. The number of benzene rings is 4. The van der Waals surface area contributed by atoms with Gasteiger partial charge in [-0.25, -0.2) is 19.2 Å². The predicted molar refractivity (Wildman–Crippen MR) is 562 cm³/mol. The zero-order chi connectivity index (χ0) is 106. The van der Waals surface area contributed by atoms with Gasteiger partial charge in [0.1, 0.15) is 35.2 Å². The van der Waals surface area contributed by atoms with Crippen LogP contribution in [0.3, 0.4) is 0 Å². The summed E-state index contributed by atoms with van der Waals surface area (Å²) in [5, 5.41) is 121. The Kier molecular flexibility index (Phi) is 46.8. The Morgan fingerprint density at radius 1 is 0.302 bits per heavy atom. The highest BCUT2D eigenvalue weighted by molar-refractivity contribution is 5.74. The third-order valence-corrected chi connectivity index (χ3v) is 36.3. The van der Waals surface area contributed by atoms with Crippen molar-refractivity contribution in [3.8, 4) is 23.0 Å². The molecule has 16 rings (SSSR count). The van der Waals surface area contributed by atoms with Gasteiger partial charge < -0.3 is 99.2 Å². The van der Waals surface area contributed by atoms with Gasteiger partial charge >= 0.3 is 47.8 Å². The van der Waals surface area contributed by atoms with E-state index >= 15 is 0 Å². The topological polar surface area (TPSA) is 453 Å². The van der Waals surface area contributed by atoms with Crippen LogP contribution in [0, 0.1) is 107 Å². The summed E-state index contributed by atoms with van der Waals surface area (Å²) in [5.41, 5.74) is 9.45. The number of carboxylic acid groups (broad SMARTS) is 4. The fraction of sp³-hybridized carbons (Fsp3) is 0.736. The number of carbonyl (C=O) groups is 8. The van der Waals surface area contributed by atoms with E-state index in [1.54, 1.807) is 0 Å². The van der Waals surface area contributed by atoms with Crippen LogP contribution in [0.1, 0.15) is 348 Å². The second-order valence-electron chi connectivity index (χ2n) is 46.7. The monoisotopic (exact) mass is 2080 g/mol. The van der Waals surface area contributed by atoms with E-state index in [2.05, 4.69) is 52.0 Å². The van der Waals surface area contributed by atoms with Crippen LogP contribution in [0.2, 0.25) is 0 Å². The third-order valence-electron chi connectivity index (χ3n) is 36.3. The number of aliphatic hydroxyl groups is 8. The van der Waals surface area contributed by atoms with Crippen molar-refractivity contribution in [2.75, 3.05) is 39.6 Å². The number of aliphatic carboxylic acids is 4. The van der Waals surface area contributed by atoms with Crippen molar-refractivity contribution in [2.24, 2.45) is 107 Å². The highest BCUT2D eigenvalue weighted by Gasteiger charge is 2.51. The van der Waals surface area contributed by atoms with Crippen molar-refractivity contribution in [3.05, 3.63) is 117 Å². The Morgan fingerprint density at radius 3 is 0.852 bits per heavy atom. The quantitative estimate of drug-likeness (QED) is 0.0111. The van der Waals surface area contributed by atoms with Gasteiger partial charge in [0.15, 0.2) is 26.4 Å². The number of hydrogen-bond donors (Lipinski definition) is 12. The van der Waals surface area contributed by atoms with Crippen LogP contribution in [0.25, 0.3) is 0 Å². The summed E-state index contributed by atoms with van der Waals surface area (Å²) < 4.78 is 45.6. The summed E-state index contributed by atoms with van der Waals surface area (Å²) in [7, 11) is 0. The molecule has 0 unspecified atom stereocenters. The molecule has 830 valence electrons. The first-order valence-corrected chi connectivity index (χ1v) is 57.9. The van der Waals surface area contributed by atoms with Gasteiger partial charge in [-0.15, -0.1) is 0 Å².